The molecule has 2 aromatic rings. The van der Waals surface area contributed by atoms with Gasteiger partial charge in [-0.2, -0.15) is 0 Å². The minimum absolute atomic E-state index is 0.0174. The molecule has 1 aromatic heterocycles. The Morgan fingerprint density at radius 1 is 1.06 bits per heavy atom. The normalized spacial score (nSPS) is 21.1. The Bertz CT molecular complexity index is 1590. The average molecular weight is 701 g/mol. The number of likely N-dealkylation sites (tertiary alicyclic amines) is 2. The molecule has 15 heteroatoms. The number of sulfonamides is 1. The molecule has 3 heterocycles. The van der Waals surface area contributed by atoms with Gasteiger partial charge in [0.25, 0.3) is 5.89 Å². The number of allylic oxidation sites excluding steroid dienone is 1. The van der Waals surface area contributed by atoms with Crippen molar-refractivity contribution < 1.29 is 36.7 Å². The van der Waals surface area contributed by atoms with Gasteiger partial charge in [0.1, 0.15) is 23.7 Å². The van der Waals surface area contributed by atoms with Crippen molar-refractivity contribution >= 4 is 44.8 Å². The van der Waals surface area contributed by atoms with Gasteiger partial charge in [-0.3, -0.25) is 14.4 Å². The highest BCUT2D eigenvalue weighted by atomic mass is 32.2. The van der Waals surface area contributed by atoms with Gasteiger partial charge in [-0.25, -0.2) is 22.9 Å². The summed E-state index contributed by atoms with van der Waals surface area (Å²) in [6, 6.07) is 3.61. The molecule has 2 saturated heterocycles. The number of hydrogen-bond acceptors (Lipinski definition) is 10. The SMILES string of the molecule is CS(=O)(=O)N[C@H](CC=C1CCCC1)C(=O)N1C[C@H](OC(=O)N2CCCCC2)C[C@H]1C(=O)N[C@@H](CCCCN)C(=O)c1nc2ccccc2o1. The molecule has 3 fully saturated rings. The number of ether oxygens (including phenoxy) is 1. The van der Waals surface area contributed by atoms with Gasteiger partial charge in [-0.05, 0) is 89.3 Å². The number of benzene rings is 1. The molecule has 1 aromatic carbocycles. The molecule has 0 radical (unpaired) electrons. The van der Waals surface area contributed by atoms with E-state index in [0.29, 0.717) is 43.6 Å². The standard InChI is InChI=1S/C34H48N6O8S/c1-49(45,46)38-27(17-16-23-11-3-4-12-23)33(43)40-22-24(47-34(44)39-19-9-2-10-20-39)21-28(40)31(42)36-26(14-7-8-18-35)30(41)32-37-25-13-5-6-15-29(25)48-32/h5-6,13,15-16,24,26-28,38H,2-4,7-12,14,17-22,35H2,1H3,(H,36,42)/t24-,26+,27-,28+/m1/s1. The summed E-state index contributed by atoms with van der Waals surface area (Å²) in [6.45, 7) is 1.43. The average Bonchev–Trinajstić information content (AvgIpc) is 3.86. The first-order valence-corrected chi connectivity index (χ1v) is 19.2. The van der Waals surface area contributed by atoms with Crippen molar-refractivity contribution in [2.45, 2.75) is 101 Å². The van der Waals surface area contributed by atoms with Crippen LogP contribution >= 0.6 is 0 Å². The Kier molecular flexibility index (Phi) is 12.4. The van der Waals surface area contributed by atoms with E-state index in [-0.39, 0.29) is 31.7 Å². The quantitative estimate of drug-likeness (QED) is 0.150. The second-order valence-electron chi connectivity index (χ2n) is 13.2. The summed E-state index contributed by atoms with van der Waals surface area (Å²) < 4.78 is 38.8. The highest BCUT2D eigenvalue weighted by Crippen LogP contribution is 2.27. The number of aromatic nitrogens is 1. The number of ketones is 1. The lowest BCUT2D eigenvalue weighted by Gasteiger charge is -2.29. The first kappa shape index (κ1) is 36.5. The summed E-state index contributed by atoms with van der Waals surface area (Å²) in [5, 5.41) is 2.82. The minimum atomic E-state index is -3.80. The fraction of sp³-hybridized carbons (Fsp3) is 0.618. The molecule has 4 atom stereocenters. The molecule has 2 aliphatic heterocycles. The largest absolute Gasteiger partial charge is 0.444 e. The van der Waals surface area contributed by atoms with Gasteiger partial charge >= 0.3 is 6.09 Å². The Hall–Kier alpha value is -3.82. The summed E-state index contributed by atoms with van der Waals surface area (Å²) in [7, 11) is -3.80. The third-order valence-corrected chi connectivity index (χ3v) is 10.1. The first-order valence-electron chi connectivity index (χ1n) is 17.3. The summed E-state index contributed by atoms with van der Waals surface area (Å²) in [6.07, 6.45) is 9.67. The number of hydrogen-bond donors (Lipinski definition) is 3. The number of piperidine rings is 1. The van der Waals surface area contributed by atoms with Crippen molar-refractivity contribution in [1.29, 1.82) is 0 Å². The maximum absolute atomic E-state index is 14.2. The molecule has 14 nitrogen and oxygen atoms in total. The zero-order valence-corrected chi connectivity index (χ0v) is 28.9. The molecule has 3 amide bonds. The van der Waals surface area contributed by atoms with Gasteiger partial charge in [-0.15, -0.1) is 0 Å². The molecular weight excluding hydrogens is 652 g/mol. The number of nitrogens with one attached hydrogen (secondary N) is 2. The van der Waals surface area contributed by atoms with Gasteiger partial charge in [0.15, 0.2) is 5.58 Å². The predicted octanol–water partition coefficient (Wildman–Crippen LogP) is 3.02. The summed E-state index contributed by atoms with van der Waals surface area (Å²) >= 11 is 0. The van der Waals surface area contributed by atoms with Crippen LogP contribution in [0.3, 0.4) is 0 Å². The highest BCUT2D eigenvalue weighted by Gasteiger charge is 2.45. The van der Waals surface area contributed by atoms with Gasteiger partial charge in [0.05, 0.1) is 18.8 Å². The topological polar surface area (TPSA) is 194 Å². The third-order valence-electron chi connectivity index (χ3n) is 9.36. The second kappa shape index (κ2) is 16.7. The van der Waals surface area contributed by atoms with Gasteiger partial charge in [0.2, 0.25) is 27.6 Å². The van der Waals surface area contributed by atoms with E-state index in [1.54, 1.807) is 29.2 Å². The van der Waals surface area contributed by atoms with Crippen LogP contribution in [0.4, 0.5) is 4.79 Å². The number of Topliss-reactive ketones (excluding diaryl/α,β-unsaturated/α-hetero) is 1. The number of nitrogens with two attached hydrogens (primary N) is 1. The molecule has 1 aliphatic carbocycles. The lowest BCUT2D eigenvalue weighted by molar-refractivity contribution is -0.139. The maximum atomic E-state index is 14.2. The van der Waals surface area contributed by atoms with Crippen molar-refractivity contribution in [2.24, 2.45) is 5.73 Å². The first-order chi connectivity index (χ1) is 23.5. The van der Waals surface area contributed by atoms with Gasteiger partial charge < -0.3 is 30.0 Å². The van der Waals surface area contributed by atoms with Crippen LogP contribution < -0.4 is 15.8 Å². The lowest BCUT2D eigenvalue weighted by Crippen LogP contribution is -2.55. The maximum Gasteiger partial charge on any atom is 0.410 e. The van der Waals surface area contributed by atoms with E-state index in [4.69, 9.17) is 14.9 Å². The number of fused-ring (bicyclic) bond motifs is 1. The van der Waals surface area contributed by atoms with Crippen LogP contribution in [0.15, 0.2) is 40.3 Å². The number of rotatable bonds is 14. The van der Waals surface area contributed by atoms with Gasteiger partial charge in [0, 0.05) is 19.5 Å². The van der Waals surface area contributed by atoms with Crippen molar-refractivity contribution in [3.63, 3.8) is 0 Å². The number of carbonyl (C=O) groups is 4. The number of amides is 3. The van der Waals surface area contributed by atoms with E-state index in [9.17, 15) is 27.6 Å². The van der Waals surface area contributed by atoms with Crippen molar-refractivity contribution in [1.82, 2.24) is 24.8 Å². The predicted molar refractivity (Wildman–Crippen MR) is 182 cm³/mol. The molecule has 49 heavy (non-hydrogen) atoms. The molecule has 4 N–H and O–H groups in total. The number of nitrogens with zero attached hydrogens (tertiary/aromatic N) is 3. The van der Waals surface area contributed by atoms with E-state index in [2.05, 4.69) is 15.0 Å². The van der Waals surface area contributed by atoms with Crippen molar-refractivity contribution in [3.05, 3.63) is 41.8 Å². The monoisotopic (exact) mass is 700 g/mol. The summed E-state index contributed by atoms with van der Waals surface area (Å²) in [5.41, 5.74) is 7.80. The van der Waals surface area contributed by atoms with Crippen LogP contribution in [0.1, 0.15) is 87.7 Å². The Morgan fingerprint density at radius 3 is 2.49 bits per heavy atom. The molecule has 268 valence electrons. The van der Waals surface area contributed by atoms with Crippen LogP contribution in [0, 0.1) is 0 Å². The summed E-state index contributed by atoms with van der Waals surface area (Å²) in [4.78, 5) is 62.2. The van der Waals surface area contributed by atoms with Crippen LogP contribution in [0.2, 0.25) is 0 Å². The lowest BCUT2D eigenvalue weighted by atomic mass is 10.0. The number of para-hydroxylation sites is 2. The van der Waals surface area contributed by atoms with Crippen LogP contribution in [-0.2, 0) is 24.3 Å². The van der Waals surface area contributed by atoms with Crippen LogP contribution in [0.5, 0.6) is 0 Å². The van der Waals surface area contributed by atoms with E-state index in [1.165, 1.54) is 4.90 Å². The zero-order valence-electron chi connectivity index (χ0n) is 28.1. The fourth-order valence-electron chi connectivity index (χ4n) is 6.80. The van der Waals surface area contributed by atoms with Gasteiger partial charge in [-0.1, -0.05) is 23.8 Å². The van der Waals surface area contributed by atoms with E-state index >= 15 is 0 Å². The fourth-order valence-corrected chi connectivity index (χ4v) is 7.51. The zero-order chi connectivity index (χ0) is 35.0. The van der Waals surface area contributed by atoms with E-state index in [1.807, 2.05) is 6.08 Å². The Labute approximate surface area is 287 Å². The van der Waals surface area contributed by atoms with Crippen molar-refractivity contribution in [2.75, 3.05) is 32.4 Å². The molecule has 1 saturated carbocycles. The molecular formula is C34H48N6O8S. The smallest absolute Gasteiger partial charge is 0.410 e. The second-order valence-corrected chi connectivity index (χ2v) is 15.0. The third kappa shape index (κ3) is 9.88. The number of unbranched alkanes of at least 4 members (excludes halogenated alkanes) is 1. The molecule has 5 rings (SSSR count). The Balaban J connectivity index is 1.39. The van der Waals surface area contributed by atoms with E-state index < -0.39 is 57.9 Å². The molecule has 0 unspecified atom stereocenters. The molecule has 0 spiro atoms. The van der Waals surface area contributed by atoms with Crippen molar-refractivity contribution in [3.8, 4) is 0 Å². The highest BCUT2D eigenvalue weighted by molar-refractivity contribution is 7.88. The number of oxazole rings is 1. The van der Waals surface area contributed by atoms with Crippen LogP contribution in [-0.4, -0.2) is 104 Å². The summed E-state index contributed by atoms with van der Waals surface area (Å²) in [5.74, 6) is -1.91. The van der Waals surface area contributed by atoms with E-state index in [0.717, 1.165) is 56.8 Å². The Morgan fingerprint density at radius 2 is 1.80 bits per heavy atom. The number of carbonyl (C=O) groups excluding carboxylic acids is 4. The molecule has 0 bridgehead atoms. The molecule has 3 aliphatic rings. The minimum Gasteiger partial charge on any atom is -0.444 e. The van der Waals surface area contributed by atoms with Crippen LogP contribution in [0.25, 0.3) is 11.1 Å².